The highest BCUT2D eigenvalue weighted by molar-refractivity contribution is 14.1. The quantitative estimate of drug-likeness (QED) is 0.212. The second-order valence-electron chi connectivity index (χ2n) is 7.44. The molecule has 0 fully saturated rings. The third kappa shape index (κ3) is 5.91. The number of hydrogen-bond donors (Lipinski definition) is 1. The minimum atomic E-state index is -4.90. The van der Waals surface area contributed by atoms with E-state index >= 15 is 0 Å². The second-order valence-corrected chi connectivity index (χ2v) is 10.3. The van der Waals surface area contributed by atoms with Crippen molar-refractivity contribution in [2.75, 3.05) is 0 Å². The number of hydrogen-bond acceptors (Lipinski definition) is 9. The minimum Gasteiger partial charge on any atom is -0.287 e. The van der Waals surface area contributed by atoms with E-state index in [2.05, 4.69) is 27.7 Å². The summed E-state index contributed by atoms with van der Waals surface area (Å²) in [5.74, 6) is -1.41. The maximum atomic E-state index is 12.8. The molecule has 0 saturated heterocycles. The summed E-state index contributed by atoms with van der Waals surface area (Å²) in [5.41, 5.74) is -2.37. The summed E-state index contributed by atoms with van der Waals surface area (Å²) in [6.45, 7) is 1.96. The minimum absolute atomic E-state index is 0.462. The standard InChI is InChI=1S/C21H18IN5O8S/c1-2-3-4-15-12-18(28)20(23-25(15)14-7-5-13(22)6-8-14)21(29)24-36(34,35)19-10-9-16(26(30)31)11-17(19)27(32)33/h5-12H,2-4H2,1H3,(H,24,29). The van der Waals surface area contributed by atoms with Gasteiger partial charge in [0.25, 0.3) is 27.3 Å². The van der Waals surface area contributed by atoms with Crippen LogP contribution in [0.15, 0.2) is 58.2 Å². The zero-order chi connectivity index (χ0) is 26.6. The van der Waals surface area contributed by atoms with Crippen molar-refractivity contribution in [2.24, 2.45) is 0 Å². The van der Waals surface area contributed by atoms with E-state index in [1.54, 1.807) is 29.0 Å². The molecule has 0 aliphatic carbocycles. The Morgan fingerprint density at radius 1 is 1.08 bits per heavy atom. The maximum Gasteiger partial charge on any atom is 0.296 e. The van der Waals surface area contributed by atoms with Crippen LogP contribution in [0.3, 0.4) is 0 Å². The monoisotopic (exact) mass is 627 g/mol. The van der Waals surface area contributed by atoms with Gasteiger partial charge in [0.15, 0.2) is 10.6 Å². The topological polar surface area (TPSA) is 184 Å². The number of nitrogens with zero attached hydrogens (tertiary/aromatic N) is 4. The summed E-state index contributed by atoms with van der Waals surface area (Å²) in [5, 5.41) is 26.4. The van der Waals surface area contributed by atoms with Gasteiger partial charge in [0.1, 0.15) is 0 Å². The number of amides is 1. The molecule has 0 spiro atoms. The highest BCUT2D eigenvalue weighted by atomic mass is 127. The summed E-state index contributed by atoms with van der Waals surface area (Å²) in [4.78, 5) is 44.7. The molecule has 1 heterocycles. The summed E-state index contributed by atoms with van der Waals surface area (Å²) in [7, 11) is -4.90. The normalized spacial score (nSPS) is 11.2. The largest absolute Gasteiger partial charge is 0.296 e. The van der Waals surface area contributed by atoms with E-state index in [-0.39, 0.29) is 0 Å². The molecular weight excluding hydrogens is 609 g/mol. The Balaban J connectivity index is 2.05. The lowest BCUT2D eigenvalue weighted by Crippen LogP contribution is -2.36. The van der Waals surface area contributed by atoms with Gasteiger partial charge in [0.2, 0.25) is 5.43 Å². The molecule has 36 heavy (non-hydrogen) atoms. The lowest BCUT2D eigenvalue weighted by molar-refractivity contribution is -0.396. The Morgan fingerprint density at radius 2 is 1.75 bits per heavy atom. The smallest absolute Gasteiger partial charge is 0.287 e. The van der Waals surface area contributed by atoms with Crippen LogP contribution in [0.5, 0.6) is 0 Å². The first-order valence-corrected chi connectivity index (χ1v) is 12.9. The number of carbonyl (C=O) groups excluding carboxylic acids is 1. The Labute approximate surface area is 217 Å². The molecule has 3 rings (SSSR count). The van der Waals surface area contributed by atoms with Crippen molar-refractivity contribution >= 4 is 49.9 Å². The first-order valence-electron chi connectivity index (χ1n) is 10.3. The number of nitro benzene ring substituents is 2. The Kier molecular flexibility index (Phi) is 8.13. The molecule has 2 aromatic carbocycles. The number of rotatable bonds is 9. The van der Waals surface area contributed by atoms with Crippen LogP contribution in [0.2, 0.25) is 0 Å². The van der Waals surface area contributed by atoms with Gasteiger partial charge in [-0.1, -0.05) is 13.3 Å². The lowest BCUT2D eigenvalue weighted by atomic mass is 10.1. The predicted octanol–water partition coefficient (Wildman–Crippen LogP) is 3.11. The maximum absolute atomic E-state index is 12.8. The third-order valence-corrected chi connectivity index (χ3v) is 7.04. The van der Waals surface area contributed by atoms with Crippen LogP contribution < -0.4 is 10.2 Å². The van der Waals surface area contributed by atoms with E-state index in [4.69, 9.17) is 0 Å². The van der Waals surface area contributed by atoms with E-state index in [1.165, 1.54) is 10.7 Å². The molecule has 15 heteroatoms. The van der Waals surface area contributed by atoms with Crippen molar-refractivity contribution in [1.29, 1.82) is 0 Å². The van der Waals surface area contributed by atoms with E-state index in [0.29, 0.717) is 29.9 Å². The number of non-ortho nitro benzene ring substituents is 1. The van der Waals surface area contributed by atoms with Gasteiger partial charge >= 0.3 is 0 Å². The molecule has 0 atom stereocenters. The van der Waals surface area contributed by atoms with Crippen LogP contribution in [0.25, 0.3) is 5.69 Å². The number of nitrogens with one attached hydrogen (secondary N) is 1. The fourth-order valence-electron chi connectivity index (χ4n) is 3.21. The number of unbranched alkanes of at least 4 members (excludes halogenated alkanes) is 1. The Hall–Kier alpha value is -3.73. The average molecular weight is 627 g/mol. The number of carbonyl (C=O) groups is 1. The van der Waals surface area contributed by atoms with Gasteiger partial charge in [0.05, 0.1) is 21.6 Å². The highest BCUT2D eigenvalue weighted by Crippen LogP contribution is 2.28. The second kappa shape index (κ2) is 10.9. The molecule has 0 aliphatic heterocycles. The molecule has 1 N–H and O–H groups in total. The number of benzene rings is 2. The SMILES string of the molecule is CCCCc1cc(=O)c(C(=O)NS(=O)(=O)c2ccc([N+](=O)[O-])cc2[N+](=O)[O-])nn1-c1ccc(I)cc1. The molecule has 3 aromatic rings. The molecule has 0 saturated carbocycles. The van der Waals surface area contributed by atoms with Crippen molar-refractivity contribution in [3.8, 4) is 5.69 Å². The van der Waals surface area contributed by atoms with Crippen molar-refractivity contribution in [2.45, 2.75) is 31.1 Å². The van der Waals surface area contributed by atoms with Crippen molar-refractivity contribution in [1.82, 2.24) is 14.5 Å². The van der Waals surface area contributed by atoms with Crippen LogP contribution in [-0.2, 0) is 16.4 Å². The first-order chi connectivity index (χ1) is 16.9. The molecular formula is C21H18IN5O8S. The molecule has 0 radical (unpaired) electrons. The van der Waals surface area contributed by atoms with E-state index in [9.17, 15) is 38.2 Å². The molecule has 0 aliphatic rings. The van der Waals surface area contributed by atoms with E-state index < -0.39 is 53.2 Å². The van der Waals surface area contributed by atoms with Crippen LogP contribution in [0.1, 0.15) is 35.9 Å². The van der Waals surface area contributed by atoms with Crippen molar-refractivity contribution in [3.05, 3.63) is 93.9 Å². The van der Waals surface area contributed by atoms with Crippen LogP contribution in [0.4, 0.5) is 11.4 Å². The fraction of sp³-hybridized carbons (Fsp3) is 0.190. The zero-order valence-electron chi connectivity index (χ0n) is 18.6. The van der Waals surface area contributed by atoms with E-state index in [0.717, 1.165) is 22.5 Å². The van der Waals surface area contributed by atoms with Crippen molar-refractivity contribution in [3.63, 3.8) is 0 Å². The van der Waals surface area contributed by atoms with Gasteiger partial charge in [0, 0.05) is 21.4 Å². The van der Waals surface area contributed by atoms with Crippen LogP contribution in [-0.4, -0.2) is 34.0 Å². The highest BCUT2D eigenvalue weighted by Gasteiger charge is 2.31. The van der Waals surface area contributed by atoms with Crippen molar-refractivity contribution < 1.29 is 23.1 Å². The van der Waals surface area contributed by atoms with Gasteiger partial charge < -0.3 is 0 Å². The summed E-state index contributed by atoms with van der Waals surface area (Å²) in [6, 6.07) is 10.0. The molecule has 1 amide bonds. The summed E-state index contributed by atoms with van der Waals surface area (Å²) >= 11 is 2.11. The number of halogens is 1. The predicted molar refractivity (Wildman–Crippen MR) is 136 cm³/mol. The average Bonchev–Trinajstić information content (AvgIpc) is 2.82. The fourth-order valence-corrected chi connectivity index (χ4v) is 4.67. The van der Waals surface area contributed by atoms with Gasteiger partial charge in [-0.15, -0.1) is 0 Å². The van der Waals surface area contributed by atoms with Gasteiger partial charge in [-0.25, -0.2) is 17.8 Å². The number of aromatic nitrogens is 2. The number of sulfonamides is 1. The van der Waals surface area contributed by atoms with Crippen LogP contribution in [0, 0.1) is 23.8 Å². The number of nitro groups is 2. The Bertz CT molecular complexity index is 1520. The van der Waals surface area contributed by atoms with Gasteiger partial charge in [-0.3, -0.25) is 29.8 Å². The molecule has 13 nitrogen and oxygen atoms in total. The summed E-state index contributed by atoms with van der Waals surface area (Å²) in [6.07, 6.45) is 2.03. The number of aryl methyl sites for hydroxylation is 1. The molecule has 188 valence electrons. The zero-order valence-corrected chi connectivity index (χ0v) is 21.6. The van der Waals surface area contributed by atoms with Crippen LogP contribution >= 0.6 is 22.6 Å². The Morgan fingerprint density at radius 3 is 2.33 bits per heavy atom. The van der Waals surface area contributed by atoms with Gasteiger partial charge in [-0.05, 0) is 65.8 Å². The molecule has 0 bridgehead atoms. The van der Waals surface area contributed by atoms with Gasteiger partial charge in [-0.2, -0.15) is 5.10 Å². The lowest BCUT2D eigenvalue weighted by Gasteiger charge is -2.14. The first kappa shape index (κ1) is 26.9. The summed E-state index contributed by atoms with van der Waals surface area (Å²) < 4.78 is 29.5. The van der Waals surface area contributed by atoms with E-state index in [1.807, 2.05) is 6.92 Å². The molecule has 1 aromatic heterocycles. The third-order valence-electron chi connectivity index (χ3n) is 4.94. The molecule has 0 unspecified atom stereocenters.